The van der Waals surface area contributed by atoms with Gasteiger partial charge in [0, 0.05) is 0 Å². The Balaban J connectivity index is 1.53. The maximum atomic E-state index is 14.1. The lowest BCUT2D eigenvalue weighted by Crippen LogP contribution is -2.41. The molecule has 1 aliphatic heterocycles. The van der Waals surface area contributed by atoms with Crippen molar-refractivity contribution in [3.8, 4) is 6.07 Å². The van der Waals surface area contributed by atoms with Crippen LogP contribution in [0.2, 0.25) is 0 Å². The molecular weight excluding hydrogens is 563 g/mol. The van der Waals surface area contributed by atoms with Gasteiger partial charge in [-0.25, -0.2) is 14.6 Å². The molecule has 0 amide bonds. The highest BCUT2D eigenvalue weighted by atomic mass is 31.2. The second-order valence-corrected chi connectivity index (χ2v) is 12.6. The fourth-order valence-electron chi connectivity index (χ4n) is 4.89. The van der Waals surface area contributed by atoms with Crippen LogP contribution in [0.5, 0.6) is 0 Å². The summed E-state index contributed by atoms with van der Waals surface area (Å²) in [5.74, 6) is -0.198. The highest BCUT2D eigenvalue weighted by Crippen LogP contribution is 2.48. The summed E-state index contributed by atoms with van der Waals surface area (Å²) < 4.78 is 32.7. The number of esters is 1. The van der Waals surface area contributed by atoms with E-state index in [2.05, 4.69) is 15.2 Å². The molecule has 1 fully saturated rings. The Labute approximate surface area is 244 Å². The minimum atomic E-state index is -3.82. The van der Waals surface area contributed by atoms with Crippen molar-refractivity contribution >= 4 is 24.8 Å². The standard InChI is InChI=1S/C28H37N6O7P/c1-4-19(5-2)13-39-27(37)18(3)33-42(38,15-20-9-7-6-8-10-20)40-14-22-24(35)25(36)28(16-29,41-22)23-12-11-21-26(30)31-17-32-34(21)23/h6-12,17-19,22,24-25,35-36H,4-5,13-15H2,1-3H3,(H,33,38)(H2,30,31,32)/t18-,22+,24+,25+,28-,42?/m0/s1. The maximum absolute atomic E-state index is 14.1. The monoisotopic (exact) mass is 600 g/mol. The van der Waals surface area contributed by atoms with Crippen molar-refractivity contribution in [3.63, 3.8) is 0 Å². The lowest BCUT2D eigenvalue weighted by Gasteiger charge is -2.26. The van der Waals surface area contributed by atoms with Crippen LogP contribution in [-0.4, -0.2) is 68.3 Å². The summed E-state index contributed by atoms with van der Waals surface area (Å²) in [6.07, 6.45) is -1.70. The first-order valence-electron chi connectivity index (χ1n) is 13.8. The summed E-state index contributed by atoms with van der Waals surface area (Å²) in [7, 11) is -3.82. The number of hydrogen-bond donors (Lipinski definition) is 4. The van der Waals surface area contributed by atoms with Crippen molar-refractivity contribution in [1.82, 2.24) is 19.7 Å². The molecule has 0 aliphatic carbocycles. The van der Waals surface area contributed by atoms with E-state index in [-0.39, 0.29) is 30.2 Å². The number of carbonyl (C=O) groups excluding carboxylic acids is 1. The number of hydrogen-bond acceptors (Lipinski definition) is 11. The van der Waals surface area contributed by atoms with E-state index in [9.17, 15) is 24.8 Å². The Bertz CT molecular complexity index is 1460. The van der Waals surface area contributed by atoms with Crippen LogP contribution >= 0.6 is 7.52 Å². The van der Waals surface area contributed by atoms with Gasteiger partial charge in [-0.3, -0.25) is 9.36 Å². The predicted octanol–water partition coefficient (Wildman–Crippen LogP) is 2.52. The molecule has 1 unspecified atom stereocenters. The highest BCUT2D eigenvalue weighted by molar-refractivity contribution is 7.56. The number of aliphatic hydroxyl groups is 2. The molecule has 0 radical (unpaired) electrons. The SMILES string of the molecule is CCC(CC)COC(=O)[C@H](C)NP(=O)(Cc1ccccc1)OC[C@H]1O[C@@](C#N)(c2ccc3c(N)ncnn23)[C@H](O)[C@@H]1O. The van der Waals surface area contributed by atoms with E-state index in [1.807, 2.05) is 26.0 Å². The molecule has 0 spiro atoms. The molecule has 1 aliphatic rings. The van der Waals surface area contributed by atoms with Gasteiger partial charge in [0.05, 0.1) is 25.1 Å². The van der Waals surface area contributed by atoms with E-state index in [0.717, 1.165) is 12.8 Å². The van der Waals surface area contributed by atoms with Crippen molar-refractivity contribution in [2.45, 2.75) is 69.7 Å². The Morgan fingerprint density at radius 1 is 1.26 bits per heavy atom. The quantitative estimate of drug-likeness (QED) is 0.166. The fourth-order valence-corrected chi connectivity index (χ4v) is 6.93. The number of aromatic nitrogens is 3. The number of fused-ring (bicyclic) bond motifs is 1. The fraction of sp³-hybridized carbons (Fsp3) is 0.500. The van der Waals surface area contributed by atoms with Crippen molar-refractivity contribution in [2.75, 3.05) is 18.9 Å². The molecule has 1 saturated heterocycles. The normalized spacial score (nSPS) is 24.4. The summed E-state index contributed by atoms with van der Waals surface area (Å²) in [5, 5.41) is 39.0. The summed E-state index contributed by atoms with van der Waals surface area (Å²) in [4.78, 5) is 16.7. The van der Waals surface area contributed by atoms with Crippen LogP contribution < -0.4 is 10.8 Å². The molecule has 226 valence electrons. The molecular formula is C28H37N6O7P. The number of benzene rings is 1. The van der Waals surface area contributed by atoms with E-state index >= 15 is 0 Å². The molecule has 42 heavy (non-hydrogen) atoms. The summed E-state index contributed by atoms with van der Waals surface area (Å²) >= 11 is 0. The number of nitrogens with two attached hydrogens (primary N) is 1. The van der Waals surface area contributed by atoms with Crippen LogP contribution in [0.1, 0.15) is 44.9 Å². The van der Waals surface area contributed by atoms with Crippen LogP contribution in [0.3, 0.4) is 0 Å². The van der Waals surface area contributed by atoms with Gasteiger partial charge in [0.2, 0.25) is 5.60 Å². The van der Waals surface area contributed by atoms with Gasteiger partial charge in [-0.15, -0.1) is 0 Å². The molecule has 3 aromatic rings. The third-order valence-electron chi connectivity index (χ3n) is 7.53. The van der Waals surface area contributed by atoms with Crippen molar-refractivity contribution < 1.29 is 33.6 Å². The lowest BCUT2D eigenvalue weighted by atomic mass is 9.92. The van der Waals surface area contributed by atoms with E-state index in [4.69, 9.17) is 19.7 Å². The molecule has 3 heterocycles. The molecule has 2 aromatic heterocycles. The van der Waals surface area contributed by atoms with E-state index in [0.29, 0.717) is 11.1 Å². The van der Waals surface area contributed by atoms with E-state index in [1.165, 1.54) is 23.8 Å². The highest BCUT2D eigenvalue weighted by Gasteiger charge is 2.58. The van der Waals surface area contributed by atoms with Crippen LogP contribution in [0, 0.1) is 17.2 Å². The molecule has 4 rings (SSSR count). The smallest absolute Gasteiger partial charge is 0.323 e. The van der Waals surface area contributed by atoms with Gasteiger partial charge in [-0.05, 0) is 30.5 Å². The van der Waals surface area contributed by atoms with Gasteiger partial charge in [0.25, 0.3) is 7.52 Å². The number of nitrogens with zero attached hydrogens (tertiary/aromatic N) is 4. The first-order valence-corrected chi connectivity index (χ1v) is 15.6. The molecule has 6 atom stereocenters. The van der Waals surface area contributed by atoms with Gasteiger partial charge in [0.1, 0.15) is 42.3 Å². The lowest BCUT2D eigenvalue weighted by molar-refractivity contribution is -0.146. The van der Waals surface area contributed by atoms with Crippen molar-refractivity contribution in [3.05, 3.63) is 60.0 Å². The minimum Gasteiger partial charge on any atom is -0.464 e. The van der Waals surface area contributed by atoms with Crippen LogP contribution in [0.25, 0.3) is 5.52 Å². The Morgan fingerprint density at radius 2 is 1.98 bits per heavy atom. The number of aliphatic hydroxyl groups excluding tert-OH is 2. The van der Waals surface area contributed by atoms with Crippen LogP contribution in [0.15, 0.2) is 48.8 Å². The Morgan fingerprint density at radius 3 is 2.64 bits per heavy atom. The van der Waals surface area contributed by atoms with Crippen molar-refractivity contribution in [1.29, 1.82) is 5.26 Å². The number of rotatable bonds is 13. The molecule has 1 aromatic carbocycles. The van der Waals surface area contributed by atoms with E-state index < -0.39 is 50.1 Å². The summed E-state index contributed by atoms with van der Waals surface area (Å²) in [5.41, 5.74) is 5.07. The molecule has 0 bridgehead atoms. The van der Waals surface area contributed by atoms with Crippen LogP contribution in [-0.2, 0) is 35.1 Å². The number of ether oxygens (including phenoxy) is 2. The third-order valence-corrected chi connectivity index (χ3v) is 9.66. The van der Waals surface area contributed by atoms with E-state index in [1.54, 1.807) is 30.3 Å². The maximum Gasteiger partial charge on any atom is 0.323 e. The topological polar surface area (TPSA) is 194 Å². The van der Waals surface area contributed by atoms with Crippen molar-refractivity contribution in [2.24, 2.45) is 5.92 Å². The molecule has 13 nitrogen and oxygen atoms in total. The zero-order chi connectivity index (χ0) is 30.5. The summed E-state index contributed by atoms with van der Waals surface area (Å²) in [6.45, 7) is 5.36. The van der Waals surface area contributed by atoms with Gasteiger partial charge in [0.15, 0.2) is 5.82 Å². The number of nitrogen functional groups attached to an aromatic ring is 1. The number of anilines is 1. The van der Waals surface area contributed by atoms with Gasteiger partial charge in [-0.1, -0.05) is 57.0 Å². The molecule has 0 saturated carbocycles. The largest absolute Gasteiger partial charge is 0.464 e. The number of nitriles is 1. The molecule has 5 N–H and O–H groups in total. The number of carbonyl (C=O) groups is 1. The second-order valence-electron chi connectivity index (χ2n) is 10.4. The average Bonchev–Trinajstić information content (AvgIpc) is 3.53. The van der Waals surface area contributed by atoms with Gasteiger partial charge < -0.3 is 29.9 Å². The average molecular weight is 601 g/mol. The second kappa shape index (κ2) is 13.3. The zero-order valence-electron chi connectivity index (χ0n) is 23.8. The Hall–Kier alpha value is -3.37. The molecule has 14 heteroatoms. The van der Waals surface area contributed by atoms with Gasteiger partial charge in [-0.2, -0.15) is 10.4 Å². The van der Waals surface area contributed by atoms with Gasteiger partial charge >= 0.3 is 5.97 Å². The first kappa shape index (κ1) is 31.6. The first-order chi connectivity index (χ1) is 20.1. The number of nitrogens with one attached hydrogen (secondary N) is 1. The Kier molecular flexibility index (Phi) is 9.99. The summed E-state index contributed by atoms with van der Waals surface area (Å²) in [6, 6.07) is 13.0. The zero-order valence-corrected chi connectivity index (χ0v) is 24.7. The third kappa shape index (κ3) is 6.49. The predicted molar refractivity (Wildman–Crippen MR) is 153 cm³/mol. The van der Waals surface area contributed by atoms with Crippen LogP contribution in [0.4, 0.5) is 5.82 Å². The minimum absolute atomic E-state index is 0.0771.